The molecule has 1 aromatic carbocycles. The molecule has 0 bridgehead atoms. The first kappa shape index (κ1) is 15.2. The Bertz CT molecular complexity index is 812. The van der Waals surface area contributed by atoms with E-state index in [-0.39, 0.29) is 15.7 Å². The summed E-state index contributed by atoms with van der Waals surface area (Å²) in [6, 6.07) is 9.36. The van der Waals surface area contributed by atoms with Crippen molar-refractivity contribution in [2.45, 2.75) is 17.9 Å². The van der Waals surface area contributed by atoms with Crippen LogP contribution in [0.15, 0.2) is 40.6 Å². The van der Waals surface area contributed by atoms with E-state index in [2.05, 4.69) is 5.32 Å². The molecule has 116 valence electrons. The molecule has 0 saturated heterocycles. The highest BCUT2D eigenvalue weighted by Gasteiger charge is 2.32. The Labute approximate surface area is 133 Å². The Hall–Kier alpha value is -1.70. The monoisotopic (exact) mass is 336 g/mol. The zero-order valence-corrected chi connectivity index (χ0v) is 13.7. The fraction of sp³-hybridized carbons (Fsp3) is 0.267. The van der Waals surface area contributed by atoms with Crippen LogP contribution in [0.25, 0.3) is 0 Å². The van der Waals surface area contributed by atoms with Crippen LogP contribution in [-0.2, 0) is 23.0 Å². The minimum absolute atomic E-state index is 0.0937. The number of hydrogen-bond donors (Lipinski definition) is 1. The van der Waals surface area contributed by atoms with Crippen LogP contribution in [0.3, 0.4) is 0 Å². The van der Waals surface area contributed by atoms with E-state index >= 15 is 0 Å². The van der Waals surface area contributed by atoms with Gasteiger partial charge in [-0.15, -0.1) is 11.3 Å². The number of rotatable bonds is 3. The number of carbonyl (C=O) groups excluding carboxylic acids is 1. The van der Waals surface area contributed by atoms with Gasteiger partial charge in [0.25, 0.3) is 5.91 Å². The minimum atomic E-state index is -3.66. The molecular formula is C15H16N2O3S2. The van der Waals surface area contributed by atoms with Crippen LogP contribution in [0.2, 0.25) is 0 Å². The van der Waals surface area contributed by atoms with Crippen molar-refractivity contribution in [3.05, 3.63) is 51.7 Å². The van der Waals surface area contributed by atoms with E-state index in [1.807, 2.05) is 24.3 Å². The van der Waals surface area contributed by atoms with Gasteiger partial charge in [0.1, 0.15) is 9.77 Å². The van der Waals surface area contributed by atoms with Gasteiger partial charge in [-0.25, -0.2) is 8.42 Å². The summed E-state index contributed by atoms with van der Waals surface area (Å²) in [5.41, 5.74) is 2.21. The highest BCUT2D eigenvalue weighted by molar-refractivity contribution is 7.89. The quantitative estimate of drug-likeness (QED) is 0.930. The van der Waals surface area contributed by atoms with Crippen molar-refractivity contribution in [1.82, 2.24) is 9.62 Å². The van der Waals surface area contributed by atoms with Gasteiger partial charge in [-0.1, -0.05) is 24.3 Å². The summed E-state index contributed by atoms with van der Waals surface area (Å²) in [7, 11) is -2.17. The van der Waals surface area contributed by atoms with Crippen molar-refractivity contribution >= 4 is 27.3 Å². The van der Waals surface area contributed by atoms with Gasteiger partial charge < -0.3 is 5.32 Å². The molecule has 0 unspecified atom stereocenters. The molecule has 1 amide bonds. The van der Waals surface area contributed by atoms with Gasteiger partial charge in [-0.05, 0) is 29.0 Å². The molecule has 3 rings (SSSR count). The number of hydrogen-bond acceptors (Lipinski definition) is 4. The lowest BCUT2D eigenvalue weighted by molar-refractivity contribution is 0.0964. The number of nitrogens with zero attached hydrogens (tertiary/aromatic N) is 1. The van der Waals surface area contributed by atoms with Crippen molar-refractivity contribution in [2.24, 2.45) is 0 Å². The number of benzene rings is 1. The fourth-order valence-electron chi connectivity index (χ4n) is 2.59. The fourth-order valence-corrected chi connectivity index (χ4v) is 5.36. The molecule has 0 spiro atoms. The topological polar surface area (TPSA) is 66.5 Å². The van der Waals surface area contributed by atoms with Crippen molar-refractivity contribution in [1.29, 1.82) is 0 Å². The SMILES string of the molecule is CNC(=O)c1sccc1S(=O)(=O)N1CCc2ccccc2C1. The summed E-state index contributed by atoms with van der Waals surface area (Å²) in [4.78, 5) is 12.2. The minimum Gasteiger partial charge on any atom is -0.354 e. The van der Waals surface area contributed by atoms with Crippen molar-refractivity contribution in [3.8, 4) is 0 Å². The molecule has 2 aromatic rings. The molecular weight excluding hydrogens is 320 g/mol. The molecule has 1 N–H and O–H groups in total. The molecule has 22 heavy (non-hydrogen) atoms. The van der Waals surface area contributed by atoms with Gasteiger partial charge >= 0.3 is 0 Å². The Balaban J connectivity index is 1.95. The van der Waals surface area contributed by atoms with E-state index in [0.29, 0.717) is 19.5 Å². The molecule has 1 aromatic heterocycles. The van der Waals surface area contributed by atoms with Crippen LogP contribution in [0.1, 0.15) is 20.8 Å². The maximum absolute atomic E-state index is 12.9. The highest BCUT2D eigenvalue weighted by atomic mass is 32.2. The summed E-state index contributed by atoms with van der Waals surface area (Å²) in [6.07, 6.45) is 0.689. The third-order valence-corrected chi connectivity index (χ3v) is 6.71. The smallest absolute Gasteiger partial charge is 0.262 e. The van der Waals surface area contributed by atoms with E-state index in [4.69, 9.17) is 0 Å². The van der Waals surface area contributed by atoms with Crippen LogP contribution in [0.5, 0.6) is 0 Å². The van der Waals surface area contributed by atoms with E-state index in [0.717, 1.165) is 16.9 Å². The number of fused-ring (bicyclic) bond motifs is 1. The zero-order chi connectivity index (χ0) is 15.7. The number of amides is 1. The Morgan fingerprint density at radius 3 is 2.68 bits per heavy atom. The van der Waals surface area contributed by atoms with Gasteiger partial charge in [-0.3, -0.25) is 4.79 Å². The predicted molar refractivity (Wildman–Crippen MR) is 85.5 cm³/mol. The molecule has 2 heterocycles. The molecule has 5 nitrogen and oxygen atoms in total. The average molecular weight is 336 g/mol. The largest absolute Gasteiger partial charge is 0.354 e. The second-order valence-electron chi connectivity index (χ2n) is 5.05. The molecule has 0 saturated carbocycles. The van der Waals surface area contributed by atoms with Gasteiger partial charge in [0.2, 0.25) is 10.0 Å². The summed E-state index contributed by atoms with van der Waals surface area (Å²) in [5, 5.41) is 4.12. The normalized spacial score (nSPS) is 15.3. The second kappa shape index (κ2) is 5.83. The highest BCUT2D eigenvalue weighted by Crippen LogP contribution is 2.29. The van der Waals surface area contributed by atoms with Gasteiger partial charge in [0, 0.05) is 20.1 Å². The Kier molecular flexibility index (Phi) is 4.03. The van der Waals surface area contributed by atoms with Crippen molar-refractivity contribution in [3.63, 3.8) is 0 Å². The summed E-state index contributed by atoms with van der Waals surface area (Å²) in [6.45, 7) is 0.782. The first-order chi connectivity index (χ1) is 10.5. The number of thiophene rings is 1. The number of nitrogens with one attached hydrogen (secondary N) is 1. The molecule has 0 radical (unpaired) electrons. The van der Waals surface area contributed by atoms with E-state index < -0.39 is 10.0 Å². The number of carbonyl (C=O) groups is 1. The van der Waals surface area contributed by atoms with Gasteiger partial charge in [-0.2, -0.15) is 4.31 Å². The van der Waals surface area contributed by atoms with E-state index in [9.17, 15) is 13.2 Å². The van der Waals surface area contributed by atoms with Crippen LogP contribution in [0, 0.1) is 0 Å². The molecule has 7 heteroatoms. The lowest BCUT2D eigenvalue weighted by atomic mass is 10.0. The third-order valence-electron chi connectivity index (χ3n) is 3.78. The molecule has 1 aliphatic heterocycles. The summed E-state index contributed by atoms with van der Waals surface area (Å²) < 4.78 is 27.2. The van der Waals surface area contributed by atoms with Gasteiger partial charge in [0.05, 0.1) is 0 Å². The number of sulfonamides is 1. The Morgan fingerprint density at radius 2 is 1.95 bits per heavy atom. The standard InChI is InChI=1S/C15H16N2O3S2/c1-16-15(18)14-13(7-9-21-14)22(19,20)17-8-6-11-4-2-3-5-12(11)10-17/h2-5,7,9H,6,8,10H2,1H3,(H,16,18). The molecule has 0 atom stereocenters. The summed E-state index contributed by atoms with van der Waals surface area (Å²) >= 11 is 1.14. The lowest BCUT2D eigenvalue weighted by Crippen LogP contribution is -2.36. The summed E-state index contributed by atoms with van der Waals surface area (Å²) in [5.74, 6) is -0.369. The van der Waals surface area contributed by atoms with Crippen LogP contribution in [-0.4, -0.2) is 32.2 Å². The van der Waals surface area contributed by atoms with Gasteiger partial charge in [0.15, 0.2) is 0 Å². The van der Waals surface area contributed by atoms with E-state index in [1.165, 1.54) is 23.0 Å². The first-order valence-electron chi connectivity index (χ1n) is 6.90. The maximum atomic E-state index is 12.9. The maximum Gasteiger partial charge on any atom is 0.262 e. The van der Waals surface area contributed by atoms with Crippen LogP contribution < -0.4 is 5.32 Å². The lowest BCUT2D eigenvalue weighted by Gasteiger charge is -2.28. The molecule has 0 fully saturated rings. The first-order valence-corrected chi connectivity index (χ1v) is 9.22. The Morgan fingerprint density at radius 1 is 1.23 bits per heavy atom. The zero-order valence-electron chi connectivity index (χ0n) is 12.1. The van der Waals surface area contributed by atoms with Crippen LogP contribution in [0.4, 0.5) is 0 Å². The third kappa shape index (κ3) is 2.55. The molecule has 0 aliphatic carbocycles. The van der Waals surface area contributed by atoms with Crippen molar-refractivity contribution in [2.75, 3.05) is 13.6 Å². The van der Waals surface area contributed by atoms with Crippen molar-refractivity contribution < 1.29 is 13.2 Å². The average Bonchev–Trinajstić information content (AvgIpc) is 3.04. The predicted octanol–water partition coefficient (Wildman–Crippen LogP) is 1.85. The van der Waals surface area contributed by atoms with E-state index in [1.54, 1.807) is 5.38 Å². The second-order valence-corrected chi connectivity index (χ2v) is 7.87. The van der Waals surface area contributed by atoms with Crippen LogP contribution >= 0.6 is 11.3 Å². The molecule has 1 aliphatic rings.